The maximum atomic E-state index is 13.5. The lowest BCUT2D eigenvalue weighted by atomic mass is 9.49. The first-order chi connectivity index (χ1) is 15.5. The third kappa shape index (κ3) is 3.55. The van der Waals surface area contributed by atoms with Gasteiger partial charge in [0, 0.05) is 25.2 Å². The SMILES string of the molecule is Cc1ccc(CN2CCc3c(ncnc3NC(=O)C34CC5CC(CC(C5)C3)C4)C2)cc1C. The number of fused-ring (bicyclic) bond motifs is 1. The summed E-state index contributed by atoms with van der Waals surface area (Å²) in [5, 5.41) is 3.30. The maximum Gasteiger partial charge on any atom is 0.231 e. The number of carbonyl (C=O) groups is 1. The van der Waals surface area contributed by atoms with Gasteiger partial charge >= 0.3 is 0 Å². The van der Waals surface area contributed by atoms with E-state index in [2.05, 4.69) is 52.2 Å². The van der Waals surface area contributed by atoms with Crippen LogP contribution in [0.4, 0.5) is 5.82 Å². The van der Waals surface area contributed by atoms with Gasteiger partial charge in [-0.25, -0.2) is 9.97 Å². The second kappa shape index (κ2) is 7.65. The molecule has 4 fully saturated rings. The zero-order valence-corrected chi connectivity index (χ0v) is 19.4. The van der Waals surface area contributed by atoms with Crippen LogP contribution >= 0.6 is 0 Å². The Hall–Kier alpha value is -2.27. The highest BCUT2D eigenvalue weighted by Gasteiger charge is 2.54. The molecule has 1 amide bonds. The lowest BCUT2D eigenvalue weighted by Gasteiger charge is -2.55. The van der Waals surface area contributed by atoms with Crippen LogP contribution in [0.2, 0.25) is 0 Å². The molecular formula is C27H34N4O. The van der Waals surface area contributed by atoms with Crippen LogP contribution < -0.4 is 5.32 Å². The van der Waals surface area contributed by atoms with Gasteiger partial charge in [-0.1, -0.05) is 18.2 Å². The molecule has 0 atom stereocenters. The van der Waals surface area contributed by atoms with E-state index in [0.29, 0.717) is 0 Å². The molecule has 5 heteroatoms. The largest absolute Gasteiger partial charge is 0.310 e. The number of aryl methyl sites for hydroxylation is 2. The van der Waals surface area contributed by atoms with Crippen molar-refractivity contribution in [1.82, 2.24) is 14.9 Å². The van der Waals surface area contributed by atoms with Crippen molar-refractivity contribution < 1.29 is 4.79 Å². The summed E-state index contributed by atoms with van der Waals surface area (Å²) in [6.07, 6.45) is 9.83. The molecule has 0 spiro atoms. The van der Waals surface area contributed by atoms with Gasteiger partial charge in [-0.05, 0) is 93.2 Å². The topological polar surface area (TPSA) is 58.1 Å². The van der Waals surface area contributed by atoms with Crippen LogP contribution in [-0.4, -0.2) is 27.3 Å². The van der Waals surface area contributed by atoms with E-state index in [1.807, 2.05) is 0 Å². The molecule has 7 rings (SSSR count). The Morgan fingerprint density at radius 3 is 2.47 bits per heavy atom. The molecule has 1 aromatic carbocycles. The molecule has 2 aromatic rings. The predicted molar refractivity (Wildman–Crippen MR) is 125 cm³/mol. The molecule has 5 nitrogen and oxygen atoms in total. The van der Waals surface area contributed by atoms with Gasteiger partial charge in [0.25, 0.3) is 0 Å². The summed E-state index contributed by atoms with van der Waals surface area (Å²) in [5.41, 5.74) is 6.09. The van der Waals surface area contributed by atoms with E-state index in [0.717, 1.165) is 80.1 Å². The number of anilines is 1. The van der Waals surface area contributed by atoms with Crippen molar-refractivity contribution >= 4 is 11.7 Å². The molecule has 5 aliphatic rings. The number of amides is 1. The Bertz CT molecular complexity index is 1030. The van der Waals surface area contributed by atoms with Gasteiger partial charge in [-0.2, -0.15) is 0 Å². The van der Waals surface area contributed by atoms with Crippen LogP contribution in [0, 0.1) is 37.0 Å². The second-order valence-electron chi connectivity index (χ2n) is 11.2. The Morgan fingerprint density at radius 1 is 1.06 bits per heavy atom. The summed E-state index contributed by atoms with van der Waals surface area (Å²) in [7, 11) is 0. The number of benzene rings is 1. The fraction of sp³-hybridized carbons (Fsp3) is 0.593. The molecular weight excluding hydrogens is 396 g/mol. The standard InChI is InChI=1S/C27H34N4O/c1-17-3-4-19(7-18(17)2)14-31-6-5-23-24(15-31)28-16-29-25(23)30-26(32)27-11-20-8-21(12-27)10-22(9-20)13-27/h3-4,7,16,20-22H,5-6,8-15H2,1-2H3,(H,28,29,30,32). The number of aromatic nitrogens is 2. The third-order valence-electron chi connectivity index (χ3n) is 8.82. The number of carbonyl (C=O) groups excluding carboxylic acids is 1. The first-order valence-corrected chi connectivity index (χ1v) is 12.4. The monoisotopic (exact) mass is 430 g/mol. The molecule has 1 aromatic heterocycles. The van der Waals surface area contributed by atoms with Gasteiger partial charge in [0.1, 0.15) is 12.1 Å². The minimum absolute atomic E-state index is 0.142. The Kier molecular flexibility index (Phi) is 4.87. The molecule has 0 unspecified atom stereocenters. The molecule has 168 valence electrons. The summed E-state index contributed by atoms with van der Waals surface area (Å²) in [6, 6.07) is 6.74. The second-order valence-corrected chi connectivity index (χ2v) is 11.2. The highest BCUT2D eigenvalue weighted by molar-refractivity contribution is 5.95. The highest BCUT2D eigenvalue weighted by Crippen LogP contribution is 2.60. The minimum Gasteiger partial charge on any atom is -0.310 e. The molecule has 4 bridgehead atoms. The van der Waals surface area contributed by atoms with Crippen molar-refractivity contribution in [1.29, 1.82) is 0 Å². The zero-order chi connectivity index (χ0) is 21.9. The average molecular weight is 431 g/mol. The van der Waals surface area contributed by atoms with Crippen LogP contribution in [0.1, 0.15) is 66.5 Å². The number of nitrogens with zero attached hydrogens (tertiary/aromatic N) is 3. The molecule has 0 saturated heterocycles. The van der Waals surface area contributed by atoms with Crippen molar-refractivity contribution in [2.75, 3.05) is 11.9 Å². The quantitative estimate of drug-likeness (QED) is 0.756. The van der Waals surface area contributed by atoms with Crippen LogP contribution in [-0.2, 0) is 24.3 Å². The normalized spacial score (nSPS) is 30.9. The van der Waals surface area contributed by atoms with Crippen LogP contribution in [0.5, 0.6) is 0 Å². The Morgan fingerprint density at radius 2 is 1.78 bits per heavy atom. The minimum atomic E-state index is -0.142. The van der Waals surface area contributed by atoms with E-state index in [-0.39, 0.29) is 11.3 Å². The van der Waals surface area contributed by atoms with Crippen LogP contribution in [0.15, 0.2) is 24.5 Å². The number of nitrogens with one attached hydrogen (secondary N) is 1. The van der Waals surface area contributed by atoms with E-state index in [4.69, 9.17) is 0 Å². The van der Waals surface area contributed by atoms with Crippen molar-refractivity contribution in [3.05, 3.63) is 52.5 Å². The van der Waals surface area contributed by atoms with Gasteiger partial charge in [0.15, 0.2) is 0 Å². The number of hydrogen-bond donors (Lipinski definition) is 1. The molecule has 1 N–H and O–H groups in total. The van der Waals surface area contributed by atoms with Gasteiger partial charge < -0.3 is 5.32 Å². The molecule has 0 radical (unpaired) electrons. The summed E-state index contributed by atoms with van der Waals surface area (Å²) in [4.78, 5) is 25.1. The van der Waals surface area contributed by atoms with E-state index in [1.54, 1.807) is 6.33 Å². The van der Waals surface area contributed by atoms with Crippen LogP contribution in [0.3, 0.4) is 0 Å². The molecule has 4 saturated carbocycles. The fourth-order valence-corrected chi connectivity index (χ4v) is 7.44. The average Bonchev–Trinajstić information content (AvgIpc) is 2.75. The van der Waals surface area contributed by atoms with E-state index in [9.17, 15) is 4.79 Å². The van der Waals surface area contributed by atoms with Crippen molar-refractivity contribution in [3.63, 3.8) is 0 Å². The summed E-state index contributed by atoms with van der Waals surface area (Å²) in [6.45, 7) is 7.04. The van der Waals surface area contributed by atoms with Gasteiger partial charge in [0.05, 0.1) is 11.1 Å². The van der Waals surface area contributed by atoms with Gasteiger partial charge in [-0.3, -0.25) is 9.69 Å². The maximum absolute atomic E-state index is 13.5. The lowest BCUT2D eigenvalue weighted by molar-refractivity contribution is -0.140. The van der Waals surface area contributed by atoms with Crippen molar-refractivity contribution in [2.45, 2.75) is 71.9 Å². The zero-order valence-electron chi connectivity index (χ0n) is 19.4. The van der Waals surface area contributed by atoms with Gasteiger partial charge in [0.2, 0.25) is 5.91 Å². The Labute approximate surface area is 191 Å². The predicted octanol–water partition coefficient (Wildman–Crippen LogP) is 4.81. The number of rotatable bonds is 4. The van der Waals surface area contributed by atoms with Gasteiger partial charge in [-0.15, -0.1) is 0 Å². The number of hydrogen-bond acceptors (Lipinski definition) is 4. The summed E-state index contributed by atoms with van der Waals surface area (Å²) < 4.78 is 0. The van der Waals surface area contributed by atoms with E-state index >= 15 is 0 Å². The van der Waals surface area contributed by atoms with E-state index < -0.39 is 0 Å². The van der Waals surface area contributed by atoms with E-state index in [1.165, 1.54) is 36.0 Å². The van der Waals surface area contributed by atoms with Crippen LogP contribution in [0.25, 0.3) is 0 Å². The smallest absolute Gasteiger partial charge is 0.231 e. The molecule has 2 heterocycles. The van der Waals surface area contributed by atoms with Crippen molar-refractivity contribution in [2.24, 2.45) is 23.2 Å². The molecule has 1 aliphatic heterocycles. The molecule has 32 heavy (non-hydrogen) atoms. The Balaban J connectivity index is 1.17. The highest BCUT2D eigenvalue weighted by atomic mass is 16.2. The summed E-state index contributed by atoms with van der Waals surface area (Å²) in [5.74, 6) is 3.30. The third-order valence-corrected chi connectivity index (χ3v) is 8.82. The molecule has 4 aliphatic carbocycles. The van der Waals surface area contributed by atoms with Crippen molar-refractivity contribution in [3.8, 4) is 0 Å². The lowest BCUT2D eigenvalue weighted by Crippen LogP contribution is -2.52. The fourth-order valence-electron chi connectivity index (χ4n) is 7.44. The summed E-state index contributed by atoms with van der Waals surface area (Å²) >= 11 is 0. The first kappa shape index (κ1) is 20.3. The first-order valence-electron chi connectivity index (χ1n) is 12.4.